The van der Waals surface area contributed by atoms with Crippen molar-refractivity contribution < 1.29 is 23.8 Å². The predicted molar refractivity (Wildman–Crippen MR) is 97.7 cm³/mol. The number of carbonyl (C=O) groups excluding carboxylic acids is 2. The van der Waals surface area contributed by atoms with Gasteiger partial charge in [-0.05, 0) is 75.5 Å². The van der Waals surface area contributed by atoms with Crippen LogP contribution in [-0.2, 0) is 14.3 Å². The number of amides is 1. The molecule has 4 aliphatic rings. The minimum Gasteiger partial charge on any atom is -0.452 e. The number of hydrogen-bond acceptors (Lipinski definition) is 4. The van der Waals surface area contributed by atoms with Gasteiger partial charge in [0.15, 0.2) is 6.10 Å². The molecule has 4 aliphatic carbocycles. The second-order valence-corrected chi connectivity index (χ2v) is 9.03. The lowest BCUT2D eigenvalue weighted by Gasteiger charge is -2.58. The lowest BCUT2D eigenvalue weighted by atomic mass is 9.48. The molecule has 0 radical (unpaired) electrons. The molecule has 4 saturated carbocycles. The molecule has 4 fully saturated rings. The average Bonchev–Trinajstić information content (AvgIpc) is 2.55. The van der Waals surface area contributed by atoms with Crippen molar-refractivity contribution >= 4 is 29.2 Å². The van der Waals surface area contributed by atoms with Crippen molar-refractivity contribution in [3.8, 4) is 0 Å². The minimum atomic E-state index is -1.01. The lowest BCUT2D eigenvalue weighted by Crippen LogP contribution is -2.59. The van der Waals surface area contributed by atoms with Gasteiger partial charge in [0.2, 0.25) is 0 Å². The molecule has 0 aliphatic heterocycles. The van der Waals surface area contributed by atoms with Gasteiger partial charge in [0.05, 0.1) is 21.7 Å². The highest BCUT2D eigenvalue weighted by Gasteiger charge is 2.61. The SMILES string of the molecule is C[C@H](OC(=O)C12C[C@@H]3C[C@@H](CC(O)(C3)C1)C2)C(=O)Nc1ccc(F)cc1Cl. The maximum absolute atomic E-state index is 13.1. The molecular weight excluding hydrogens is 373 g/mol. The van der Waals surface area contributed by atoms with Crippen LogP contribution in [0.5, 0.6) is 0 Å². The molecule has 7 heteroatoms. The van der Waals surface area contributed by atoms with Crippen LogP contribution in [-0.4, -0.2) is 28.7 Å². The summed E-state index contributed by atoms with van der Waals surface area (Å²) < 4.78 is 18.6. The molecule has 2 N–H and O–H groups in total. The van der Waals surface area contributed by atoms with E-state index in [1.807, 2.05) is 0 Å². The van der Waals surface area contributed by atoms with Gasteiger partial charge in [-0.25, -0.2) is 4.39 Å². The molecule has 0 aromatic heterocycles. The first kappa shape index (κ1) is 18.7. The van der Waals surface area contributed by atoms with Gasteiger partial charge in [0.25, 0.3) is 5.91 Å². The Morgan fingerprint density at radius 1 is 1.30 bits per heavy atom. The second-order valence-electron chi connectivity index (χ2n) is 8.63. The zero-order valence-corrected chi connectivity index (χ0v) is 15.9. The quantitative estimate of drug-likeness (QED) is 0.762. The van der Waals surface area contributed by atoms with E-state index in [1.165, 1.54) is 19.1 Å². The van der Waals surface area contributed by atoms with Gasteiger partial charge in [0.1, 0.15) is 5.82 Å². The molecule has 1 aromatic rings. The maximum Gasteiger partial charge on any atom is 0.312 e. The van der Waals surface area contributed by atoms with Gasteiger partial charge < -0.3 is 15.2 Å². The first-order valence-corrected chi connectivity index (χ1v) is 9.75. The van der Waals surface area contributed by atoms with E-state index in [0.717, 1.165) is 38.2 Å². The highest BCUT2D eigenvalue weighted by molar-refractivity contribution is 6.33. The van der Waals surface area contributed by atoms with Gasteiger partial charge >= 0.3 is 5.97 Å². The van der Waals surface area contributed by atoms with Crippen LogP contribution in [0.3, 0.4) is 0 Å². The van der Waals surface area contributed by atoms with Crippen LogP contribution in [0.15, 0.2) is 18.2 Å². The van der Waals surface area contributed by atoms with Crippen molar-refractivity contribution in [2.75, 3.05) is 5.32 Å². The number of anilines is 1. The highest BCUT2D eigenvalue weighted by atomic mass is 35.5. The van der Waals surface area contributed by atoms with Crippen LogP contribution in [0.4, 0.5) is 10.1 Å². The third-order valence-corrected chi connectivity index (χ3v) is 6.62. The lowest BCUT2D eigenvalue weighted by molar-refractivity contribution is -0.199. The molecule has 0 saturated heterocycles. The molecule has 4 bridgehead atoms. The number of aliphatic hydroxyl groups is 1. The predicted octanol–water partition coefficient (Wildman–Crippen LogP) is 3.68. The molecule has 27 heavy (non-hydrogen) atoms. The van der Waals surface area contributed by atoms with Crippen molar-refractivity contribution in [3.63, 3.8) is 0 Å². The van der Waals surface area contributed by atoms with E-state index in [9.17, 15) is 19.1 Å². The monoisotopic (exact) mass is 395 g/mol. The second kappa shape index (κ2) is 6.45. The largest absolute Gasteiger partial charge is 0.452 e. The highest BCUT2D eigenvalue weighted by Crippen LogP contribution is 2.62. The molecule has 0 heterocycles. The van der Waals surface area contributed by atoms with E-state index in [1.54, 1.807) is 0 Å². The normalized spacial score (nSPS) is 35.0. The van der Waals surface area contributed by atoms with Crippen molar-refractivity contribution in [3.05, 3.63) is 29.0 Å². The van der Waals surface area contributed by atoms with Gasteiger partial charge in [-0.1, -0.05) is 11.6 Å². The van der Waals surface area contributed by atoms with E-state index in [-0.39, 0.29) is 10.7 Å². The number of halogens is 2. The molecular formula is C20H23ClFNO4. The molecule has 146 valence electrons. The van der Waals surface area contributed by atoms with Crippen LogP contribution in [0, 0.1) is 23.1 Å². The van der Waals surface area contributed by atoms with Crippen LogP contribution < -0.4 is 5.32 Å². The summed E-state index contributed by atoms with van der Waals surface area (Å²) in [5.41, 5.74) is -1.19. The van der Waals surface area contributed by atoms with Crippen molar-refractivity contribution in [1.82, 2.24) is 0 Å². The first-order chi connectivity index (χ1) is 12.7. The number of ether oxygens (including phenoxy) is 1. The zero-order chi connectivity index (χ0) is 19.4. The number of hydrogen-bond donors (Lipinski definition) is 2. The Labute approximate surface area is 162 Å². The fraction of sp³-hybridized carbons (Fsp3) is 0.600. The Balaban J connectivity index is 1.42. The van der Waals surface area contributed by atoms with Crippen LogP contribution >= 0.6 is 11.6 Å². The average molecular weight is 396 g/mol. The standard InChI is InChI=1S/C20H23ClFNO4/c1-11(17(24)23-16-3-2-14(22)5-15(16)21)27-18(25)19-6-12-4-13(7-19)9-20(26,8-12)10-19/h2-3,5,11-13,26H,4,6-10H2,1H3,(H,23,24)/t11-,12-,13+,19?,20?/m0/s1. The Morgan fingerprint density at radius 3 is 2.56 bits per heavy atom. The number of benzene rings is 1. The Hall–Kier alpha value is -1.66. The Bertz CT molecular complexity index is 784. The van der Waals surface area contributed by atoms with E-state index in [2.05, 4.69) is 5.32 Å². The molecule has 1 aromatic carbocycles. The zero-order valence-electron chi connectivity index (χ0n) is 15.1. The molecule has 5 atom stereocenters. The summed E-state index contributed by atoms with van der Waals surface area (Å²) in [4.78, 5) is 25.3. The molecule has 0 spiro atoms. The van der Waals surface area contributed by atoms with Crippen molar-refractivity contribution in [1.29, 1.82) is 0 Å². The topological polar surface area (TPSA) is 75.6 Å². The number of rotatable bonds is 4. The fourth-order valence-electron chi connectivity index (χ4n) is 5.62. The van der Waals surface area contributed by atoms with Crippen LogP contribution in [0.2, 0.25) is 5.02 Å². The fourth-order valence-corrected chi connectivity index (χ4v) is 5.83. The summed E-state index contributed by atoms with van der Waals surface area (Å²) in [5, 5.41) is 13.4. The van der Waals surface area contributed by atoms with Crippen LogP contribution in [0.1, 0.15) is 45.4 Å². The van der Waals surface area contributed by atoms with Gasteiger partial charge in [-0.3, -0.25) is 9.59 Å². The number of nitrogens with one attached hydrogen (secondary N) is 1. The van der Waals surface area contributed by atoms with Crippen LogP contribution in [0.25, 0.3) is 0 Å². The third-order valence-electron chi connectivity index (χ3n) is 6.31. The summed E-state index contributed by atoms with van der Waals surface area (Å²) in [7, 11) is 0. The summed E-state index contributed by atoms with van der Waals surface area (Å²) in [6.07, 6.45) is 3.45. The summed E-state index contributed by atoms with van der Waals surface area (Å²) >= 11 is 5.92. The Morgan fingerprint density at radius 2 is 1.96 bits per heavy atom. The van der Waals surface area contributed by atoms with E-state index < -0.39 is 34.8 Å². The first-order valence-electron chi connectivity index (χ1n) is 9.37. The maximum atomic E-state index is 13.1. The number of carbonyl (C=O) groups is 2. The van der Waals surface area contributed by atoms with Crippen molar-refractivity contribution in [2.45, 2.75) is 57.2 Å². The third kappa shape index (κ3) is 3.45. The van der Waals surface area contributed by atoms with Gasteiger partial charge in [-0.2, -0.15) is 0 Å². The Kier molecular flexibility index (Phi) is 4.47. The minimum absolute atomic E-state index is 0.0742. The van der Waals surface area contributed by atoms with E-state index in [0.29, 0.717) is 18.3 Å². The smallest absolute Gasteiger partial charge is 0.312 e. The summed E-state index contributed by atoms with van der Waals surface area (Å²) in [6.45, 7) is 1.50. The number of esters is 1. The molecule has 5 rings (SSSR count). The van der Waals surface area contributed by atoms with E-state index >= 15 is 0 Å². The molecule has 5 nitrogen and oxygen atoms in total. The molecule has 2 unspecified atom stereocenters. The summed E-state index contributed by atoms with van der Waals surface area (Å²) in [6, 6.07) is 3.65. The van der Waals surface area contributed by atoms with Gasteiger partial charge in [-0.15, -0.1) is 0 Å². The van der Waals surface area contributed by atoms with E-state index in [4.69, 9.17) is 16.3 Å². The molecule has 1 amide bonds. The van der Waals surface area contributed by atoms with Crippen molar-refractivity contribution in [2.24, 2.45) is 17.3 Å². The summed E-state index contributed by atoms with van der Waals surface area (Å²) in [5.74, 6) is -0.725. The van der Waals surface area contributed by atoms with Gasteiger partial charge in [0, 0.05) is 0 Å².